The van der Waals surface area contributed by atoms with Gasteiger partial charge < -0.3 is 5.32 Å². The molecule has 27 heavy (non-hydrogen) atoms. The number of anilines is 1. The van der Waals surface area contributed by atoms with Crippen molar-refractivity contribution < 1.29 is 4.79 Å². The molecule has 2 aromatic carbocycles. The normalized spacial score (nSPS) is 12.0. The molecule has 1 aromatic heterocycles. The van der Waals surface area contributed by atoms with Gasteiger partial charge in [-0.1, -0.05) is 52.6 Å². The van der Waals surface area contributed by atoms with Crippen molar-refractivity contribution in [2.24, 2.45) is 0 Å². The van der Waals surface area contributed by atoms with Gasteiger partial charge in [-0.3, -0.25) is 9.36 Å². The fourth-order valence-corrected chi connectivity index (χ4v) is 3.61. The third-order valence-corrected chi connectivity index (χ3v) is 5.82. The summed E-state index contributed by atoms with van der Waals surface area (Å²) in [6.07, 6.45) is 1.59. The number of carbonyl (C=O) groups is 1. The van der Waals surface area contributed by atoms with E-state index in [4.69, 9.17) is 34.8 Å². The topological polar surface area (TPSA) is 59.8 Å². The van der Waals surface area contributed by atoms with Crippen LogP contribution in [0.1, 0.15) is 12.5 Å². The molecule has 3 rings (SSSR count). The highest BCUT2D eigenvalue weighted by Gasteiger charge is 2.19. The maximum atomic E-state index is 12.5. The van der Waals surface area contributed by atoms with Gasteiger partial charge in [-0.15, -0.1) is 10.2 Å². The van der Waals surface area contributed by atoms with Gasteiger partial charge in [-0.2, -0.15) is 0 Å². The smallest absolute Gasteiger partial charge is 0.237 e. The molecule has 1 amide bonds. The Morgan fingerprint density at radius 3 is 2.67 bits per heavy atom. The first-order valence-electron chi connectivity index (χ1n) is 7.94. The average Bonchev–Trinajstić information content (AvgIpc) is 3.08. The Kier molecular flexibility index (Phi) is 6.32. The highest BCUT2D eigenvalue weighted by atomic mass is 35.5. The number of aryl methyl sites for hydroxylation is 1. The standard InChI is InChI=1S/C18H15Cl3N4OS/c1-10-3-5-13(8-15(10)21)25-9-22-24-18(25)27-11(2)17(26)23-16-7-12(19)4-6-14(16)20/h3-9,11H,1-2H3,(H,23,26). The summed E-state index contributed by atoms with van der Waals surface area (Å²) < 4.78 is 1.78. The van der Waals surface area contributed by atoms with Crippen LogP contribution in [0.3, 0.4) is 0 Å². The van der Waals surface area contributed by atoms with Crippen LogP contribution in [0, 0.1) is 6.92 Å². The number of hydrogen-bond acceptors (Lipinski definition) is 4. The second-order valence-corrected chi connectivity index (χ2v) is 8.35. The first-order valence-corrected chi connectivity index (χ1v) is 9.95. The molecule has 9 heteroatoms. The van der Waals surface area contributed by atoms with E-state index in [1.165, 1.54) is 11.8 Å². The average molecular weight is 442 g/mol. The van der Waals surface area contributed by atoms with E-state index in [1.54, 1.807) is 36.0 Å². The Labute approximate surface area is 176 Å². The molecule has 0 radical (unpaired) electrons. The van der Waals surface area contributed by atoms with E-state index in [1.807, 2.05) is 25.1 Å². The molecule has 0 aliphatic carbocycles. The SMILES string of the molecule is Cc1ccc(-n2cnnc2SC(C)C(=O)Nc2cc(Cl)ccc2Cl)cc1Cl. The fraction of sp³-hybridized carbons (Fsp3) is 0.167. The summed E-state index contributed by atoms with van der Waals surface area (Å²) in [6.45, 7) is 3.71. The minimum atomic E-state index is -0.441. The van der Waals surface area contributed by atoms with E-state index in [2.05, 4.69) is 15.5 Å². The first-order chi connectivity index (χ1) is 12.8. The van der Waals surface area contributed by atoms with Crippen molar-refractivity contribution in [2.45, 2.75) is 24.3 Å². The molecule has 1 N–H and O–H groups in total. The van der Waals surface area contributed by atoms with Crippen molar-refractivity contribution in [3.63, 3.8) is 0 Å². The zero-order chi connectivity index (χ0) is 19.6. The quantitative estimate of drug-likeness (QED) is 0.519. The van der Waals surface area contributed by atoms with E-state index in [0.717, 1.165) is 11.3 Å². The third-order valence-electron chi connectivity index (χ3n) is 3.79. The molecule has 0 saturated heterocycles. The Hall–Kier alpha value is -1.73. The number of amides is 1. The molecular weight excluding hydrogens is 427 g/mol. The Balaban J connectivity index is 1.75. The fourth-order valence-electron chi connectivity index (χ4n) is 2.25. The zero-order valence-electron chi connectivity index (χ0n) is 14.4. The predicted octanol–water partition coefficient (Wildman–Crippen LogP) is 5.66. The highest BCUT2D eigenvalue weighted by Crippen LogP contribution is 2.29. The van der Waals surface area contributed by atoms with Crippen LogP contribution < -0.4 is 5.32 Å². The van der Waals surface area contributed by atoms with Crippen LogP contribution in [0.15, 0.2) is 47.9 Å². The van der Waals surface area contributed by atoms with Crippen molar-refractivity contribution in [1.82, 2.24) is 14.8 Å². The van der Waals surface area contributed by atoms with Crippen molar-refractivity contribution in [3.8, 4) is 5.69 Å². The first kappa shape index (κ1) is 20.0. The van der Waals surface area contributed by atoms with Gasteiger partial charge in [0.15, 0.2) is 5.16 Å². The predicted molar refractivity (Wildman–Crippen MR) is 112 cm³/mol. The highest BCUT2D eigenvalue weighted by molar-refractivity contribution is 8.00. The molecule has 0 saturated carbocycles. The van der Waals surface area contributed by atoms with E-state index >= 15 is 0 Å². The lowest BCUT2D eigenvalue weighted by molar-refractivity contribution is -0.115. The molecule has 1 heterocycles. The molecule has 5 nitrogen and oxygen atoms in total. The summed E-state index contributed by atoms with van der Waals surface area (Å²) in [6, 6.07) is 10.6. The largest absolute Gasteiger partial charge is 0.324 e. The van der Waals surface area contributed by atoms with Gasteiger partial charge in [0.05, 0.1) is 21.6 Å². The van der Waals surface area contributed by atoms with Crippen LogP contribution in [0.5, 0.6) is 0 Å². The lowest BCUT2D eigenvalue weighted by Crippen LogP contribution is -2.23. The number of aromatic nitrogens is 3. The number of hydrogen-bond donors (Lipinski definition) is 1. The molecule has 1 atom stereocenters. The van der Waals surface area contributed by atoms with Crippen molar-refractivity contribution in [3.05, 3.63) is 63.4 Å². The summed E-state index contributed by atoms with van der Waals surface area (Å²) in [7, 11) is 0. The van der Waals surface area contributed by atoms with Gasteiger partial charge in [0, 0.05) is 10.0 Å². The molecule has 0 aliphatic rings. The number of nitrogens with zero attached hydrogens (tertiary/aromatic N) is 3. The molecule has 0 spiro atoms. The Morgan fingerprint density at radius 2 is 1.93 bits per heavy atom. The van der Waals surface area contributed by atoms with E-state index in [9.17, 15) is 4.79 Å². The maximum Gasteiger partial charge on any atom is 0.237 e. The molecule has 140 valence electrons. The number of carbonyl (C=O) groups excluding carboxylic acids is 1. The van der Waals surface area contributed by atoms with E-state index < -0.39 is 5.25 Å². The number of benzene rings is 2. The number of thioether (sulfide) groups is 1. The van der Waals surface area contributed by atoms with Gasteiger partial charge >= 0.3 is 0 Å². The van der Waals surface area contributed by atoms with Gasteiger partial charge in [-0.05, 0) is 49.7 Å². The van der Waals surface area contributed by atoms with Gasteiger partial charge in [0.1, 0.15) is 6.33 Å². The third kappa shape index (κ3) is 4.76. The summed E-state index contributed by atoms with van der Waals surface area (Å²) in [5.41, 5.74) is 2.27. The van der Waals surface area contributed by atoms with E-state index in [-0.39, 0.29) is 5.91 Å². The summed E-state index contributed by atoms with van der Waals surface area (Å²) in [5, 5.41) is 12.5. The van der Waals surface area contributed by atoms with E-state index in [0.29, 0.717) is 25.9 Å². The van der Waals surface area contributed by atoms with Crippen LogP contribution in [-0.2, 0) is 4.79 Å². The minimum Gasteiger partial charge on any atom is -0.324 e. The summed E-state index contributed by atoms with van der Waals surface area (Å²) in [5.74, 6) is -0.222. The van der Waals surface area contributed by atoms with Crippen molar-refractivity contribution >= 4 is 58.2 Å². The molecule has 1 unspecified atom stereocenters. The van der Waals surface area contributed by atoms with Crippen LogP contribution in [0.4, 0.5) is 5.69 Å². The van der Waals surface area contributed by atoms with Gasteiger partial charge in [0.25, 0.3) is 0 Å². The molecule has 0 fully saturated rings. The van der Waals surface area contributed by atoms with Crippen LogP contribution in [-0.4, -0.2) is 25.9 Å². The zero-order valence-corrected chi connectivity index (χ0v) is 17.5. The lowest BCUT2D eigenvalue weighted by atomic mass is 10.2. The minimum absolute atomic E-state index is 0.222. The number of rotatable bonds is 5. The van der Waals surface area contributed by atoms with Crippen LogP contribution >= 0.6 is 46.6 Å². The number of halogens is 3. The summed E-state index contributed by atoms with van der Waals surface area (Å²) >= 11 is 19.5. The second kappa shape index (κ2) is 8.52. The number of nitrogens with one attached hydrogen (secondary N) is 1. The lowest BCUT2D eigenvalue weighted by Gasteiger charge is -2.14. The maximum absolute atomic E-state index is 12.5. The van der Waals surface area contributed by atoms with Crippen LogP contribution in [0.2, 0.25) is 15.1 Å². The molecular formula is C18H15Cl3N4OS. The Bertz CT molecular complexity index is 992. The van der Waals surface area contributed by atoms with Crippen molar-refractivity contribution in [1.29, 1.82) is 0 Å². The van der Waals surface area contributed by atoms with Crippen molar-refractivity contribution in [2.75, 3.05) is 5.32 Å². The van der Waals surface area contributed by atoms with Gasteiger partial charge in [-0.25, -0.2) is 0 Å². The molecule has 0 bridgehead atoms. The second-order valence-electron chi connectivity index (χ2n) is 5.79. The monoisotopic (exact) mass is 440 g/mol. The molecule has 0 aliphatic heterocycles. The molecule has 3 aromatic rings. The summed E-state index contributed by atoms with van der Waals surface area (Å²) in [4.78, 5) is 12.5. The van der Waals surface area contributed by atoms with Gasteiger partial charge in [0.2, 0.25) is 5.91 Å². The Morgan fingerprint density at radius 1 is 1.15 bits per heavy atom. The van der Waals surface area contributed by atoms with Crippen LogP contribution in [0.25, 0.3) is 5.69 Å².